The van der Waals surface area contributed by atoms with Crippen LogP contribution in [0.25, 0.3) is 6.08 Å². The Hall–Kier alpha value is -2.11. The number of hydrogen-bond acceptors (Lipinski definition) is 3. The van der Waals surface area contributed by atoms with Crippen LogP contribution in [0.15, 0.2) is 35.0 Å². The van der Waals surface area contributed by atoms with Gasteiger partial charge in [-0.1, -0.05) is 18.2 Å². The smallest absolute Gasteiger partial charge is 0.407 e. The molecule has 6 heteroatoms. The molecule has 94 valence electrons. The number of esters is 1. The maximum absolute atomic E-state index is 12.7. The van der Waals surface area contributed by atoms with Crippen LogP contribution in [0.3, 0.4) is 0 Å². The van der Waals surface area contributed by atoms with Crippen molar-refractivity contribution in [2.75, 3.05) is 0 Å². The number of aliphatic imine (C=N–C) groups is 1. The fourth-order valence-electron chi connectivity index (χ4n) is 1.54. The highest BCUT2D eigenvalue weighted by Gasteiger charge is 2.33. The van der Waals surface area contributed by atoms with Crippen molar-refractivity contribution in [3.8, 4) is 0 Å². The monoisotopic (exact) mass is 255 g/mol. The summed E-state index contributed by atoms with van der Waals surface area (Å²) in [5, 5.41) is 0. The minimum atomic E-state index is -4.48. The van der Waals surface area contributed by atoms with Crippen LogP contribution in [-0.2, 0) is 15.7 Å². The van der Waals surface area contributed by atoms with Crippen molar-refractivity contribution in [1.82, 2.24) is 0 Å². The number of halogens is 3. The van der Waals surface area contributed by atoms with Gasteiger partial charge in [-0.25, -0.2) is 9.79 Å². The van der Waals surface area contributed by atoms with Gasteiger partial charge in [0.15, 0.2) is 11.6 Å². The molecule has 0 N–H and O–H groups in total. The Balaban J connectivity index is 2.48. The Morgan fingerprint density at radius 1 is 1.28 bits per heavy atom. The van der Waals surface area contributed by atoms with Crippen LogP contribution in [0, 0.1) is 0 Å². The Labute approximate surface area is 101 Å². The van der Waals surface area contributed by atoms with E-state index >= 15 is 0 Å². The molecule has 1 aromatic carbocycles. The zero-order chi connectivity index (χ0) is 13.3. The molecule has 0 atom stereocenters. The molecule has 0 fully saturated rings. The summed E-state index contributed by atoms with van der Waals surface area (Å²) in [6.07, 6.45) is -3.41. The van der Waals surface area contributed by atoms with Crippen LogP contribution in [0.5, 0.6) is 0 Å². The van der Waals surface area contributed by atoms with Gasteiger partial charge in [-0.3, -0.25) is 0 Å². The van der Waals surface area contributed by atoms with Crippen molar-refractivity contribution in [3.05, 3.63) is 41.1 Å². The fraction of sp³-hybridized carbons (Fsp3) is 0.167. The third-order valence-electron chi connectivity index (χ3n) is 2.29. The SMILES string of the molecule is CC1=N/C(=C\c2ccccc2C(F)(F)F)C(=O)O1. The normalized spacial score (nSPS) is 17.9. The second-order valence-corrected chi connectivity index (χ2v) is 3.63. The molecule has 0 saturated heterocycles. The molecule has 1 aromatic rings. The first-order valence-electron chi connectivity index (χ1n) is 5.03. The lowest BCUT2D eigenvalue weighted by molar-refractivity contribution is -0.137. The molecule has 1 heterocycles. The molecule has 18 heavy (non-hydrogen) atoms. The van der Waals surface area contributed by atoms with E-state index in [4.69, 9.17) is 0 Å². The number of alkyl halides is 3. The Morgan fingerprint density at radius 2 is 1.94 bits per heavy atom. The Bertz CT molecular complexity index is 559. The standard InChI is InChI=1S/C12H8F3NO2/c1-7-16-10(11(17)18-7)6-8-4-2-3-5-9(8)12(13,14)15/h2-6H,1H3/b10-6-. The zero-order valence-corrected chi connectivity index (χ0v) is 9.28. The van der Waals surface area contributed by atoms with Gasteiger partial charge >= 0.3 is 12.1 Å². The molecule has 1 aliphatic heterocycles. The topological polar surface area (TPSA) is 38.7 Å². The van der Waals surface area contributed by atoms with Gasteiger partial charge in [-0.15, -0.1) is 0 Å². The van der Waals surface area contributed by atoms with Crippen LogP contribution >= 0.6 is 0 Å². The van der Waals surface area contributed by atoms with Crippen LogP contribution in [0.4, 0.5) is 13.2 Å². The maximum Gasteiger partial charge on any atom is 0.416 e. The second-order valence-electron chi connectivity index (χ2n) is 3.63. The summed E-state index contributed by atoms with van der Waals surface area (Å²) in [4.78, 5) is 15.0. The minimum Gasteiger partial charge on any atom is -0.407 e. The van der Waals surface area contributed by atoms with Crippen molar-refractivity contribution in [2.24, 2.45) is 4.99 Å². The maximum atomic E-state index is 12.7. The molecule has 0 radical (unpaired) electrons. The predicted octanol–water partition coefficient (Wildman–Crippen LogP) is 3.02. The van der Waals surface area contributed by atoms with Crippen molar-refractivity contribution < 1.29 is 22.7 Å². The number of ether oxygens (including phenoxy) is 1. The van der Waals surface area contributed by atoms with E-state index in [1.165, 1.54) is 25.1 Å². The highest BCUT2D eigenvalue weighted by atomic mass is 19.4. The predicted molar refractivity (Wildman–Crippen MR) is 58.6 cm³/mol. The molecule has 0 aromatic heterocycles. The summed E-state index contributed by atoms with van der Waals surface area (Å²) < 4.78 is 42.8. The van der Waals surface area contributed by atoms with Gasteiger partial charge in [-0.2, -0.15) is 13.2 Å². The van der Waals surface area contributed by atoms with E-state index in [1.807, 2.05) is 0 Å². The summed E-state index contributed by atoms with van der Waals surface area (Å²) in [5.41, 5.74) is -1.07. The van der Waals surface area contributed by atoms with E-state index in [0.29, 0.717) is 0 Å². The number of hydrogen-bond donors (Lipinski definition) is 0. The number of rotatable bonds is 1. The van der Waals surface area contributed by atoms with Crippen molar-refractivity contribution in [1.29, 1.82) is 0 Å². The van der Waals surface area contributed by atoms with Crippen molar-refractivity contribution in [3.63, 3.8) is 0 Å². The summed E-state index contributed by atoms with van der Waals surface area (Å²) >= 11 is 0. The first-order valence-corrected chi connectivity index (χ1v) is 5.03. The summed E-state index contributed by atoms with van der Waals surface area (Å²) in [6, 6.07) is 4.96. The molecule has 3 nitrogen and oxygen atoms in total. The Morgan fingerprint density at radius 3 is 2.50 bits per heavy atom. The molecule has 0 saturated carbocycles. The molecular formula is C12H8F3NO2. The lowest BCUT2D eigenvalue weighted by atomic mass is 10.1. The van der Waals surface area contributed by atoms with E-state index in [-0.39, 0.29) is 17.2 Å². The van der Waals surface area contributed by atoms with Crippen molar-refractivity contribution >= 4 is 17.9 Å². The largest absolute Gasteiger partial charge is 0.416 e. The van der Waals surface area contributed by atoms with E-state index in [9.17, 15) is 18.0 Å². The molecule has 0 unspecified atom stereocenters. The van der Waals surface area contributed by atoms with Crippen LogP contribution in [-0.4, -0.2) is 11.9 Å². The molecule has 0 spiro atoms. The average molecular weight is 255 g/mol. The third kappa shape index (κ3) is 2.42. The van der Waals surface area contributed by atoms with Gasteiger partial charge in [0.2, 0.25) is 0 Å². The van der Waals surface area contributed by atoms with Gasteiger partial charge in [-0.05, 0) is 17.7 Å². The number of benzene rings is 1. The van der Waals surface area contributed by atoms with Gasteiger partial charge in [0, 0.05) is 6.92 Å². The fourth-order valence-corrected chi connectivity index (χ4v) is 1.54. The average Bonchev–Trinajstić information content (AvgIpc) is 2.57. The lowest BCUT2D eigenvalue weighted by Gasteiger charge is -2.09. The minimum absolute atomic E-state index is 0.115. The number of cyclic esters (lactones) is 1. The molecule has 0 amide bonds. The first-order chi connectivity index (χ1) is 8.38. The highest BCUT2D eigenvalue weighted by Crippen LogP contribution is 2.33. The van der Waals surface area contributed by atoms with Gasteiger partial charge in [0.05, 0.1) is 5.56 Å². The van der Waals surface area contributed by atoms with Gasteiger partial charge < -0.3 is 4.74 Å². The third-order valence-corrected chi connectivity index (χ3v) is 2.29. The van der Waals surface area contributed by atoms with E-state index in [0.717, 1.165) is 12.1 Å². The number of carbonyl (C=O) groups is 1. The van der Waals surface area contributed by atoms with Crippen LogP contribution < -0.4 is 0 Å². The zero-order valence-electron chi connectivity index (χ0n) is 9.28. The molecule has 1 aliphatic rings. The van der Waals surface area contributed by atoms with E-state index in [1.54, 1.807) is 0 Å². The summed E-state index contributed by atoms with van der Waals surface area (Å²) in [5.74, 6) is -0.625. The van der Waals surface area contributed by atoms with Crippen LogP contribution in [0.2, 0.25) is 0 Å². The lowest BCUT2D eigenvalue weighted by Crippen LogP contribution is -2.07. The molecular weight excluding hydrogens is 247 g/mol. The number of carbonyl (C=O) groups excluding carboxylic acids is 1. The highest BCUT2D eigenvalue weighted by molar-refractivity contribution is 6.06. The Kier molecular flexibility index (Phi) is 2.94. The molecule has 0 bridgehead atoms. The number of nitrogens with zero attached hydrogens (tertiary/aromatic N) is 1. The van der Waals surface area contributed by atoms with Crippen LogP contribution in [0.1, 0.15) is 18.1 Å². The first kappa shape index (κ1) is 12.3. The van der Waals surface area contributed by atoms with E-state index in [2.05, 4.69) is 9.73 Å². The van der Waals surface area contributed by atoms with Gasteiger partial charge in [0.1, 0.15) is 0 Å². The summed E-state index contributed by atoms with van der Waals surface area (Å²) in [7, 11) is 0. The molecule has 2 rings (SSSR count). The molecule has 0 aliphatic carbocycles. The van der Waals surface area contributed by atoms with Crippen molar-refractivity contribution in [2.45, 2.75) is 13.1 Å². The van der Waals surface area contributed by atoms with E-state index < -0.39 is 17.7 Å². The second kappa shape index (κ2) is 4.29. The van der Waals surface area contributed by atoms with Gasteiger partial charge in [0.25, 0.3) is 0 Å². The summed E-state index contributed by atoms with van der Waals surface area (Å²) in [6.45, 7) is 1.45. The quantitative estimate of drug-likeness (QED) is 0.571.